The fourth-order valence-corrected chi connectivity index (χ4v) is 2.64. The number of nitrogen functional groups attached to an aromatic ring is 1. The summed E-state index contributed by atoms with van der Waals surface area (Å²) in [6.07, 6.45) is 3.67. The van der Waals surface area contributed by atoms with Crippen molar-refractivity contribution in [1.29, 1.82) is 5.41 Å². The molecule has 1 aromatic rings. The number of hydrogen-bond acceptors (Lipinski definition) is 2. The van der Waals surface area contributed by atoms with Crippen molar-refractivity contribution in [3.63, 3.8) is 0 Å². The molecule has 0 amide bonds. The Labute approximate surface area is 109 Å². The van der Waals surface area contributed by atoms with Crippen LogP contribution in [0.5, 0.6) is 0 Å². The topological polar surface area (TPSA) is 53.1 Å². The first-order chi connectivity index (χ1) is 8.49. The van der Waals surface area contributed by atoms with E-state index in [1.54, 1.807) is 0 Å². The lowest BCUT2D eigenvalue weighted by atomic mass is 9.85. The minimum absolute atomic E-state index is 0.161. The molecule has 0 unspecified atom stereocenters. The first-order valence-corrected chi connectivity index (χ1v) is 6.68. The van der Waals surface area contributed by atoms with Crippen LogP contribution in [-0.2, 0) is 0 Å². The van der Waals surface area contributed by atoms with Crippen molar-refractivity contribution in [1.82, 2.24) is 0 Å². The van der Waals surface area contributed by atoms with Crippen LogP contribution in [0.15, 0.2) is 24.3 Å². The Balaban J connectivity index is 2.24. The van der Waals surface area contributed by atoms with Gasteiger partial charge in [0.15, 0.2) is 0 Å². The molecule has 18 heavy (non-hydrogen) atoms. The molecule has 2 rings (SSSR count). The van der Waals surface area contributed by atoms with Gasteiger partial charge >= 0.3 is 0 Å². The minimum Gasteiger partial charge on any atom is -0.384 e. The molecule has 1 aliphatic heterocycles. The normalized spacial score (nSPS) is 19.3. The Hall–Kier alpha value is -1.51. The second-order valence-corrected chi connectivity index (χ2v) is 5.94. The Morgan fingerprint density at radius 1 is 1.22 bits per heavy atom. The highest BCUT2D eigenvalue weighted by atomic mass is 15.1. The van der Waals surface area contributed by atoms with Crippen LogP contribution in [0.25, 0.3) is 0 Å². The maximum Gasteiger partial charge on any atom is 0.124 e. The molecule has 3 N–H and O–H groups in total. The van der Waals surface area contributed by atoms with E-state index < -0.39 is 0 Å². The monoisotopic (exact) mass is 245 g/mol. The van der Waals surface area contributed by atoms with Gasteiger partial charge in [-0.3, -0.25) is 5.41 Å². The maximum absolute atomic E-state index is 7.68. The Morgan fingerprint density at radius 3 is 2.67 bits per heavy atom. The van der Waals surface area contributed by atoms with Crippen LogP contribution in [0, 0.1) is 10.8 Å². The van der Waals surface area contributed by atoms with Crippen molar-refractivity contribution in [2.45, 2.75) is 33.1 Å². The minimum atomic E-state index is 0.161. The molecular weight excluding hydrogens is 222 g/mol. The predicted molar refractivity (Wildman–Crippen MR) is 77.3 cm³/mol. The van der Waals surface area contributed by atoms with Crippen LogP contribution in [0.1, 0.15) is 38.7 Å². The van der Waals surface area contributed by atoms with Crippen LogP contribution < -0.4 is 10.6 Å². The fourth-order valence-electron chi connectivity index (χ4n) is 2.64. The van der Waals surface area contributed by atoms with E-state index in [1.807, 2.05) is 18.2 Å². The van der Waals surface area contributed by atoms with E-state index >= 15 is 0 Å². The molecular formula is C15H23N3. The molecule has 1 saturated heterocycles. The van der Waals surface area contributed by atoms with Gasteiger partial charge in [-0.05, 0) is 36.8 Å². The lowest BCUT2D eigenvalue weighted by Crippen LogP contribution is -2.28. The maximum atomic E-state index is 7.68. The average molecular weight is 245 g/mol. The highest BCUT2D eigenvalue weighted by Crippen LogP contribution is 2.32. The van der Waals surface area contributed by atoms with Crippen molar-refractivity contribution in [3.05, 3.63) is 29.8 Å². The number of benzene rings is 1. The lowest BCUT2D eigenvalue weighted by Gasteiger charge is -2.26. The molecule has 0 radical (unpaired) electrons. The van der Waals surface area contributed by atoms with Crippen LogP contribution in [0.3, 0.4) is 0 Å². The summed E-state index contributed by atoms with van der Waals surface area (Å²) in [5.41, 5.74) is 8.07. The molecule has 0 atom stereocenters. The molecule has 1 fully saturated rings. The highest BCUT2D eigenvalue weighted by molar-refractivity contribution is 6.00. The van der Waals surface area contributed by atoms with Gasteiger partial charge in [0.1, 0.15) is 5.84 Å². The molecule has 1 heterocycles. The molecule has 0 spiro atoms. The van der Waals surface area contributed by atoms with Crippen molar-refractivity contribution in [2.24, 2.45) is 11.1 Å². The number of nitrogens with one attached hydrogen (secondary N) is 1. The van der Waals surface area contributed by atoms with Gasteiger partial charge in [0.25, 0.3) is 0 Å². The van der Waals surface area contributed by atoms with Crippen LogP contribution >= 0.6 is 0 Å². The zero-order valence-electron chi connectivity index (χ0n) is 11.4. The van der Waals surface area contributed by atoms with E-state index in [-0.39, 0.29) is 5.84 Å². The van der Waals surface area contributed by atoms with Crippen molar-refractivity contribution < 1.29 is 0 Å². The standard InChI is InChI=1S/C15H23N3/c1-15(2)8-5-10-18(11-9-15)13-7-4-3-6-12(13)14(16)17/h3-4,6-7H,5,8-11H2,1-2H3,(H3,16,17). The second kappa shape index (κ2) is 5.01. The van der Waals surface area contributed by atoms with Crippen molar-refractivity contribution in [3.8, 4) is 0 Å². The van der Waals surface area contributed by atoms with E-state index in [0.717, 1.165) is 24.3 Å². The van der Waals surface area contributed by atoms with E-state index in [2.05, 4.69) is 24.8 Å². The SMILES string of the molecule is CC1(C)CCCN(c2ccccc2C(=N)N)CC1. The zero-order valence-corrected chi connectivity index (χ0v) is 11.4. The molecule has 98 valence electrons. The highest BCUT2D eigenvalue weighted by Gasteiger charge is 2.24. The van der Waals surface area contributed by atoms with E-state index in [9.17, 15) is 0 Å². The van der Waals surface area contributed by atoms with Gasteiger partial charge in [-0.1, -0.05) is 26.0 Å². The molecule has 0 aromatic heterocycles. The number of anilines is 1. The van der Waals surface area contributed by atoms with Gasteiger partial charge in [0.2, 0.25) is 0 Å². The third-order valence-corrected chi connectivity index (χ3v) is 3.87. The van der Waals surface area contributed by atoms with E-state index in [0.29, 0.717) is 5.41 Å². The number of hydrogen-bond donors (Lipinski definition) is 2. The van der Waals surface area contributed by atoms with Gasteiger partial charge in [-0.25, -0.2) is 0 Å². The van der Waals surface area contributed by atoms with Gasteiger partial charge in [-0.2, -0.15) is 0 Å². The van der Waals surface area contributed by atoms with Crippen LogP contribution in [0.4, 0.5) is 5.69 Å². The van der Waals surface area contributed by atoms with Crippen molar-refractivity contribution in [2.75, 3.05) is 18.0 Å². The third-order valence-electron chi connectivity index (χ3n) is 3.87. The Bertz CT molecular complexity index is 437. The quantitative estimate of drug-likeness (QED) is 0.621. The predicted octanol–water partition coefficient (Wildman–Crippen LogP) is 2.99. The number of nitrogens with two attached hydrogens (primary N) is 1. The first kappa shape index (κ1) is 12.9. The van der Waals surface area contributed by atoms with Crippen LogP contribution in [0.2, 0.25) is 0 Å². The van der Waals surface area contributed by atoms with Gasteiger partial charge < -0.3 is 10.6 Å². The number of rotatable bonds is 2. The molecule has 1 aliphatic rings. The lowest BCUT2D eigenvalue weighted by molar-refractivity contribution is 0.325. The fraction of sp³-hybridized carbons (Fsp3) is 0.533. The van der Waals surface area contributed by atoms with E-state index in [1.165, 1.54) is 19.3 Å². The molecule has 3 heteroatoms. The molecule has 1 aromatic carbocycles. The first-order valence-electron chi connectivity index (χ1n) is 6.68. The summed E-state index contributed by atoms with van der Waals surface area (Å²) >= 11 is 0. The number of amidine groups is 1. The molecule has 0 bridgehead atoms. The Morgan fingerprint density at radius 2 is 1.94 bits per heavy atom. The van der Waals surface area contributed by atoms with Crippen molar-refractivity contribution >= 4 is 11.5 Å². The summed E-state index contributed by atoms with van der Waals surface area (Å²) in [5.74, 6) is 0.161. The van der Waals surface area contributed by atoms with E-state index in [4.69, 9.17) is 11.1 Å². The molecule has 0 saturated carbocycles. The largest absolute Gasteiger partial charge is 0.384 e. The Kier molecular flexibility index (Phi) is 3.60. The smallest absolute Gasteiger partial charge is 0.124 e. The number of para-hydroxylation sites is 1. The summed E-state index contributed by atoms with van der Waals surface area (Å²) in [6.45, 7) is 6.80. The van der Waals surface area contributed by atoms with Crippen LogP contribution in [-0.4, -0.2) is 18.9 Å². The summed E-state index contributed by atoms with van der Waals surface area (Å²) in [7, 11) is 0. The molecule has 0 aliphatic carbocycles. The third kappa shape index (κ3) is 2.84. The summed E-state index contributed by atoms with van der Waals surface area (Å²) in [4.78, 5) is 2.38. The number of nitrogens with zero attached hydrogens (tertiary/aromatic N) is 1. The van der Waals surface area contributed by atoms with Gasteiger partial charge in [-0.15, -0.1) is 0 Å². The van der Waals surface area contributed by atoms with Gasteiger partial charge in [0.05, 0.1) is 0 Å². The summed E-state index contributed by atoms with van der Waals surface area (Å²) in [5, 5.41) is 7.68. The molecule has 3 nitrogen and oxygen atoms in total. The van der Waals surface area contributed by atoms with Gasteiger partial charge in [0, 0.05) is 24.3 Å². The summed E-state index contributed by atoms with van der Waals surface area (Å²) in [6, 6.07) is 7.99. The summed E-state index contributed by atoms with van der Waals surface area (Å²) < 4.78 is 0. The second-order valence-electron chi connectivity index (χ2n) is 5.94. The average Bonchev–Trinajstić information content (AvgIpc) is 2.50. The zero-order chi connectivity index (χ0) is 13.2.